The van der Waals surface area contributed by atoms with Gasteiger partial charge in [0.05, 0.1) is 17.9 Å². The lowest BCUT2D eigenvalue weighted by Crippen LogP contribution is -2.66. The van der Waals surface area contributed by atoms with Crippen molar-refractivity contribution >= 4 is 17.3 Å². The number of hydrogen-bond donors (Lipinski definition) is 0. The van der Waals surface area contributed by atoms with Crippen molar-refractivity contribution in [3.63, 3.8) is 0 Å². The molecule has 204 valence electrons. The summed E-state index contributed by atoms with van der Waals surface area (Å²) in [7, 11) is 1.50. The van der Waals surface area contributed by atoms with E-state index in [1.165, 1.54) is 12.7 Å². The van der Waals surface area contributed by atoms with E-state index in [0.717, 1.165) is 17.6 Å². The zero-order valence-corrected chi connectivity index (χ0v) is 24.7. The molecule has 0 radical (unpaired) electrons. The standard InChI is InChI=1S/C34H44O4/c1-22(2)15-16-26-21-33(19-17-23(3)4)29(36)27(28(35)25-13-11-10-12-14-25)30(38-9)34(31(33)37,32(26,7)8)20-18-24(5)6/h10-15,17-18,26H,16,19-21H2,1-9H3/t26-,33-,34?/m0/s1. The number of allylic oxidation sites excluding steroid dienone is 8. The Hall–Kier alpha value is -3.01. The maximum absolute atomic E-state index is 14.9. The van der Waals surface area contributed by atoms with Gasteiger partial charge in [-0.3, -0.25) is 14.4 Å². The summed E-state index contributed by atoms with van der Waals surface area (Å²) in [6.07, 6.45) is 8.08. The van der Waals surface area contributed by atoms with Gasteiger partial charge in [-0.25, -0.2) is 0 Å². The topological polar surface area (TPSA) is 60.4 Å². The number of rotatable bonds is 9. The summed E-state index contributed by atoms with van der Waals surface area (Å²) in [6.45, 7) is 16.4. The van der Waals surface area contributed by atoms with Crippen LogP contribution in [0.2, 0.25) is 0 Å². The van der Waals surface area contributed by atoms with E-state index < -0.39 is 22.0 Å². The third-order valence-electron chi connectivity index (χ3n) is 8.77. The van der Waals surface area contributed by atoms with Gasteiger partial charge < -0.3 is 4.74 Å². The highest BCUT2D eigenvalue weighted by molar-refractivity contribution is 6.35. The van der Waals surface area contributed by atoms with E-state index in [-0.39, 0.29) is 35.2 Å². The molecule has 2 aliphatic carbocycles. The summed E-state index contributed by atoms with van der Waals surface area (Å²) in [5.41, 5.74) is 0.733. The minimum atomic E-state index is -1.32. The second-order valence-corrected chi connectivity index (χ2v) is 12.4. The monoisotopic (exact) mass is 516 g/mol. The first-order valence-electron chi connectivity index (χ1n) is 13.6. The van der Waals surface area contributed by atoms with Crippen LogP contribution in [0.1, 0.15) is 91.4 Å². The Morgan fingerprint density at radius 1 is 0.895 bits per heavy atom. The van der Waals surface area contributed by atoms with Gasteiger partial charge in [0.2, 0.25) is 0 Å². The minimum absolute atomic E-state index is 0.0358. The molecule has 0 aromatic heterocycles. The van der Waals surface area contributed by atoms with Gasteiger partial charge in [-0.15, -0.1) is 0 Å². The second-order valence-electron chi connectivity index (χ2n) is 12.4. The molecule has 0 aliphatic heterocycles. The Kier molecular flexibility index (Phi) is 8.55. The molecule has 4 nitrogen and oxygen atoms in total. The molecule has 38 heavy (non-hydrogen) atoms. The molecule has 0 heterocycles. The van der Waals surface area contributed by atoms with Crippen LogP contribution >= 0.6 is 0 Å². The highest BCUT2D eigenvalue weighted by atomic mass is 16.5. The lowest BCUT2D eigenvalue weighted by atomic mass is 9.40. The van der Waals surface area contributed by atoms with Gasteiger partial charge in [-0.05, 0) is 78.6 Å². The molecule has 3 rings (SSSR count). The van der Waals surface area contributed by atoms with Crippen molar-refractivity contribution in [1.29, 1.82) is 0 Å². The number of benzene rings is 1. The Bertz CT molecular complexity index is 1230. The largest absolute Gasteiger partial charge is 0.499 e. The normalized spacial score (nSPS) is 26.0. The van der Waals surface area contributed by atoms with E-state index in [1.54, 1.807) is 24.3 Å². The van der Waals surface area contributed by atoms with Crippen molar-refractivity contribution in [3.8, 4) is 0 Å². The van der Waals surface area contributed by atoms with E-state index in [9.17, 15) is 14.4 Å². The summed E-state index contributed by atoms with van der Waals surface area (Å²) >= 11 is 0. The van der Waals surface area contributed by atoms with Crippen LogP contribution in [0.25, 0.3) is 0 Å². The van der Waals surface area contributed by atoms with Gasteiger partial charge in [0, 0.05) is 5.56 Å². The van der Waals surface area contributed by atoms with Gasteiger partial charge in [-0.2, -0.15) is 0 Å². The molecule has 0 amide bonds. The Labute approximate surface area is 228 Å². The maximum Gasteiger partial charge on any atom is 0.200 e. The summed E-state index contributed by atoms with van der Waals surface area (Å²) in [6, 6.07) is 8.85. The van der Waals surface area contributed by atoms with Gasteiger partial charge in [0.25, 0.3) is 0 Å². The summed E-state index contributed by atoms with van der Waals surface area (Å²) < 4.78 is 6.05. The molecule has 1 unspecified atom stereocenters. The molecule has 1 saturated carbocycles. The average Bonchev–Trinajstić information content (AvgIpc) is 2.86. The molecule has 2 bridgehead atoms. The number of methoxy groups -OCH3 is 1. The Morgan fingerprint density at radius 3 is 1.97 bits per heavy atom. The van der Waals surface area contributed by atoms with Crippen LogP contribution in [0.15, 0.2) is 76.6 Å². The van der Waals surface area contributed by atoms with Crippen LogP contribution in [0.3, 0.4) is 0 Å². The van der Waals surface area contributed by atoms with Crippen molar-refractivity contribution in [2.24, 2.45) is 22.2 Å². The van der Waals surface area contributed by atoms with Crippen LogP contribution in [-0.4, -0.2) is 24.5 Å². The molecule has 1 aromatic carbocycles. The van der Waals surface area contributed by atoms with E-state index in [2.05, 4.69) is 39.8 Å². The highest BCUT2D eigenvalue weighted by Crippen LogP contribution is 2.67. The number of Topliss-reactive ketones (excluding diaryl/α,β-unsaturated/α-hetero) is 3. The number of ketones is 3. The molecule has 1 aromatic rings. The van der Waals surface area contributed by atoms with E-state index >= 15 is 0 Å². The summed E-state index contributed by atoms with van der Waals surface area (Å²) in [5, 5.41) is 0. The van der Waals surface area contributed by atoms with E-state index in [0.29, 0.717) is 18.4 Å². The summed E-state index contributed by atoms with van der Waals surface area (Å²) in [5.74, 6) is -0.602. The van der Waals surface area contributed by atoms with Crippen LogP contribution in [-0.2, 0) is 14.3 Å². The average molecular weight is 517 g/mol. The Balaban J connectivity index is 2.47. The van der Waals surface area contributed by atoms with Crippen LogP contribution in [0.4, 0.5) is 0 Å². The third-order valence-corrected chi connectivity index (χ3v) is 8.77. The SMILES string of the molecule is COC1=C(C(=O)c2ccccc2)C(=O)[C@]2(CC=C(C)C)C[C@H](CC=C(C)C)C(C)(C)C1(CC=C(C)C)C2=O. The van der Waals surface area contributed by atoms with Gasteiger partial charge in [-0.1, -0.05) is 79.1 Å². The molecule has 2 aliphatic rings. The fraction of sp³-hybridized carbons (Fsp3) is 0.500. The van der Waals surface area contributed by atoms with E-state index in [4.69, 9.17) is 4.74 Å². The molecule has 1 fully saturated rings. The minimum Gasteiger partial charge on any atom is -0.499 e. The van der Waals surface area contributed by atoms with E-state index in [1.807, 2.05) is 39.8 Å². The smallest absolute Gasteiger partial charge is 0.200 e. The molecule has 0 spiro atoms. The third kappa shape index (κ3) is 4.79. The van der Waals surface area contributed by atoms with Crippen molar-refractivity contribution < 1.29 is 19.1 Å². The predicted octanol–water partition coefficient (Wildman–Crippen LogP) is 8.01. The van der Waals surface area contributed by atoms with Crippen molar-refractivity contribution in [2.45, 2.75) is 81.1 Å². The van der Waals surface area contributed by atoms with Crippen molar-refractivity contribution in [3.05, 3.63) is 82.2 Å². The van der Waals surface area contributed by atoms with Gasteiger partial charge in [0.15, 0.2) is 17.3 Å². The summed E-state index contributed by atoms with van der Waals surface area (Å²) in [4.78, 5) is 43.6. The Morgan fingerprint density at radius 2 is 1.45 bits per heavy atom. The molecule has 3 atom stereocenters. The first kappa shape index (κ1) is 29.5. The number of fused-ring (bicyclic) bond motifs is 2. The van der Waals surface area contributed by atoms with Crippen LogP contribution < -0.4 is 0 Å². The molecular formula is C34H44O4. The first-order valence-corrected chi connectivity index (χ1v) is 13.6. The molecule has 0 saturated heterocycles. The number of ether oxygens (including phenoxy) is 1. The number of carbonyl (C=O) groups excluding carboxylic acids is 3. The van der Waals surface area contributed by atoms with Crippen molar-refractivity contribution in [2.75, 3.05) is 7.11 Å². The molecule has 0 N–H and O–H groups in total. The van der Waals surface area contributed by atoms with Crippen LogP contribution in [0, 0.1) is 22.2 Å². The zero-order chi connectivity index (χ0) is 28.5. The maximum atomic E-state index is 14.9. The van der Waals surface area contributed by atoms with Gasteiger partial charge >= 0.3 is 0 Å². The predicted molar refractivity (Wildman–Crippen MR) is 154 cm³/mol. The molecule has 4 heteroatoms. The fourth-order valence-electron chi connectivity index (χ4n) is 6.39. The highest BCUT2D eigenvalue weighted by Gasteiger charge is 2.72. The second kappa shape index (κ2) is 11.0. The van der Waals surface area contributed by atoms with Crippen LogP contribution in [0.5, 0.6) is 0 Å². The molecular weight excluding hydrogens is 472 g/mol. The quantitative estimate of drug-likeness (QED) is 0.144. The number of hydrogen-bond acceptors (Lipinski definition) is 4. The zero-order valence-electron chi connectivity index (χ0n) is 24.7. The lowest BCUT2D eigenvalue weighted by Gasteiger charge is -2.61. The first-order chi connectivity index (χ1) is 17.8. The lowest BCUT2D eigenvalue weighted by molar-refractivity contribution is -0.170. The fourth-order valence-corrected chi connectivity index (χ4v) is 6.39. The van der Waals surface area contributed by atoms with Gasteiger partial charge in [0.1, 0.15) is 11.3 Å². The number of carbonyl (C=O) groups is 3. The van der Waals surface area contributed by atoms with Crippen molar-refractivity contribution in [1.82, 2.24) is 0 Å².